The smallest absolute Gasteiger partial charge is 0.329 e. The highest BCUT2D eigenvalue weighted by Crippen LogP contribution is 2.29. The van der Waals surface area contributed by atoms with Gasteiger partial charge >= 0.3 is 11.8 Å². The summed E-state index contributed by atoms with van der Waals surface area (Å²) >= 11 is 12.0. The van der Waals surface area contributed by atoms with Crippen LogP contribution in [0.25, 0.3) is 0 Å². The molecular weight excluding hydrogens is 587 g/mol. The standard InChI is InChI=1S/C29H30Cl2N4O7/c1-4-41-26-14-19(6-10-24(26)42-17-27(36)34-22-8-7-20(30)15-21(22)31)16-33-35-29(38)28(37)32-12-11-18-5-9-23(39-2)25(13-18)40-3/h5-10,13-16H,4,11-12,17H2,1-3H3,(H,32,37)(H,34,36)(H,35,38)/b33-16-. The Bertz CT molecular complexity index is 1450. The Balaban J connectivity index is 1.49. The minimum absolute atomic E-state index is 0.232. The van der Waals surface area contributed by atoms with Gasteiger partial charge in [-0.25, -0.2) is 5.43 Å². The van der Waals surface area contributed by atoms with Crippen LogP contribution in [0.1, 0.15) is 18.1 Å². The van der Waals surface area contributed by atoms with Crippen molar-refractivity contribution in [3.8, 4) is 23.0 Å². The van der Waals surface area contributed by atoms with Crippen molar-refractivity contribution >= 4 is 52.8 Å². The van der Waals surface area contributed by atoms with Crippen LogP contribution in [0.5, 0.6) is 23.0 Å². The molecule has 0 bridgehead atoms. The minimum Gasteiger partial charge on any atom is -0.493 e. The molecule has 0 unspecified atom stereocenters. The van der Waals surface area contributed by atoms with E-state index in [1.54, 1.807) is 56.5 Å². The maximum atomic E-state index is 12.3. The molecule has 11 nitrogen and oxygen atoms in total. The van der Waals surface area contributed by atoms with Crippen LogP contribution in [-0.2, 0) is 20.8 Å². The van der Waals surface area contributed by atoms with Crippen molar-refractivity contribution in [2.24, 2.45) is 5.10 Å². The third kappa shape index (κ3) is 9.57. The van der Waals surface area contributed by atoms with Gasteiger partial charge in [-0.15, -0.1) is 0 Å². The van der Waals surface area contributed by atoms with Gasteiger partial charge in [-0.2, -0.15) is 5.10 Å². The van der Waals surface area contributed by atoms with E-state index in [0.717, 1.165) is 5.56 Å². The van der Waals surface area contributed by atoms with E-state index in [1.807, 2.05) is 6.07 Å². The number of methoxy groups -OCH3 is 2. The summed E-state index contributed by atoms with van der Waals surface area (Å²) < 4.78 is 21.7. The highest BCUT2D eigenvalue weighted by Gasteiger charge is 2.13. The number of hydrazone groups is 1. The van der Waals surface area contributed by atoms with E-state index in [2.05, 4.69) is 21.2 Å². The Hall–Kier alpha value is -4.48. The zero-order valence-corrected chi connectivity index (χ0v) is 24.7. The molecule has 0 heterocycles. The largest absolute Gasteiger partial charge is 0.493 e. The summed E-state index contributed by atoms with van der Waals surface area (Å²) in [5, 5.41) is 9.78. The second-order valence-electron chi connectivity index (χ2n) is 8.49. The predicted octanol–water partition coefficient (Wildman–Crippen LogP) is 4.24. The van der Waals surface area contributed by atoms with E-state index < -0.39 is 17.7 Å². The van der Waals surface area contributed by atoms with E-state index in [1.165, 1.54) is 19.4 Å². The van der Waals surface area contributed by atoms with Gasteiger partial charge in [0.05, 0.1) is 37.8 Å². The lowest BCUT2D eigenvalue weighted by atomic mass is 10.1. The van der Waals surface area contributed by atoms with Crippen molar-refractivity contribution in [3.05, 3.63) is 75.8 Å². The van der Waals surface area contributed by atoms with E-state index >= 15 is 0 Å². The number of rotatable bonds is 13. The monoisotopic (exact) mass is 616 g/mol. The summed E-state index contributed by atoms with van der Waals surface area (Å²) in [6.45, 7) is 2.06. The lowest BCUT2D eigenvalue weighted by Gasteiger charge is -2.13. The third-order valence-electron chi connectivity index (χ3n) is 5.56. The van der Waals surface area contributed by atoms with Crippen molar-refractivity contribution in [1.29, 1.82) is 0 Å². The van der Waals surface area contributed by atoms with Crippen molar-refractivity contribution in [2.75, 3.05) is 39.3 Å². The van der Waals surface area contributed by atoms with Crippen LogP contribution < -0.4 is 35.0 Å². The number of anilines is 1. The van der Waals surface area contributed by atoms with Gasteiger partial charge in [-0.1, -0.05) is 29.3 Å². The quantitative estimate of drug-likeness (QED) is 0.148. The average molecular weight is 617 g/mol. The SMILES string of the molecule is CCOc1cc(/C=N\NC(=O)C(=O)NCCc2ccc(OC)c(OC)c2)ccc1OCC(=O)Nc1ccc(Cl)cc1Cl. The zero-order chi connectivity index (χ0) is 30.5. The number of hydrogen-bond acceptors (Lipinski definition) is 8. The summed E-state index contributed by atoms with van der Waals surface area (Å²) in [4.78, 5) is 36.6. The molecule has 0 fully saturated rings. The molecule has 0 saturated carbocycles. The third-order valence-corrected chi connectivity index (χ3v) is 6.11. The Kier molecular flexibility index (Phi) is 12.3. The summed E-state index contributed by atoms with van der Waals surface area (Å²) in [6.07, 6.45) is 1.82. The number of nitrogens with zero attached hydrogens (tertiary/aromatic N) is 1. The van der Waals surface area contributed by atoms with Crippen molar-refractivity contribution in [2.45, 2.75) is 13.3 Å². The molecule has 3 rings (SSSR count). The molecule has 0 spiro atoms. The molecule has 13 heteroatoms. The molecule has 0 aromatic heterocycles. The van der Waals surface area contributed by atoms with E-state index in [-0.39, 0.29) is 13.2 Å². The Morgan fingerprint density at radius 2 is 1.62 bits per heavy atom. The Morgan fingerprint density at radius 3 is 2.33 bits per heavy atom. The second-order valence-corrected chi connectivity index (χ2v) is 9.34. The Morgan fingerprint density at radius 1 is 0.857 bits per heavy atom. The molecule has 0 atom stereocenters. The van der Waals surface area contributed by atoms with Crippen LogP contribution in [0.2, 0.25) is 10.0 Å². The van der Waals surface area contributed by atoms with Crippen LogP contribution in [0.3, 0.4) is 0 Å². The fraction of sp³-hybridized carbons (Fsp3) is 0.241. The van der Waals surface area contributed by atoms with E-state index in [9.17, 15) is 14.4 Å². The number of nitrogens with one attached hydrogen (secondary N) is 3. The molecule has 3 N–H and O–H groups in total. The van der Waals surface area contributed by atoms with Crippen LogP contribution in [-0.4, -0.2) is 57.9 Å². The first-order valence-corrected chi connectivity index (χ1v) is 13.5. The van der Waals surface area contributed by atoms with Crippen molar-refractivity contribution < 1.29 is 33.3 Å². The van der Waals surface area contributed by atoms with Crippen LogP contribution in [0, 0.1) is 0 Å². The molecule has 0 saturated heterocycles. The highest BCUT2D eigenvalue weighted by molar-refractivity contribution is 6.36. The normalized spacial score (nSPS) is 10.6. The van der Waals surface area contributed by atoms with Gasteiger partial charge in [0, 0.05) is 11.6 Å². The second kappa shape index (κ2) is 16.1. The maximum Gasteiger partial charge on any atom is 0.329 e. The van der Waals surface area contributed by atoms with Gasteiger partial charge in [0.1, 0.15) is 0 Å². The van der Waals surface area contributed by atoms with Gasteiger partial charge in [0.25, 0.3) is 5.91 Å². The fourth-order valence-electron chi connectivity index (χ4n) is 3.57. The van der Waals surface area contributed by atoms with Gasteiger partial charge in [-0.3, -0.25) is 14.4 Å². The summed E-state index contributed by atoms with van der Waals surface area (Å²) in [6, 6.07) is 15.0. The first kappa shape index (κ1) is 32.0. The summed E-state index contributed by atoms with van der Waals surface area (Å²) in [5.41, 5.74) is 4.04. The lowest BCUT2D eigenvalue weighted by Crippen LogP contribution is -2.38. The highest BCUT2D eigenvalue weighted by atomic mass is 35.5. The van der Waals surface area contributed by atoms with Crippen LogP contribution in [0.4, 0.5) is 5.69 Å². The number of ether oxygens (including phenoxy) is 4. The molecule has 222 valence electrons. The minimum atomic E-state index is -0.921. The number of benzene rings is 3. The molecule has 3 aromatic carbocycles. The molecule has 0 aliphatic heterocycles. The number of carbonyl (C=O) groups excluding carboxylic acids is 3. The fourth-order valence-corrected chi connectivity index (χ4v) is 4.02. The molecule has 0 aliphatic carbocycles. The van der Waals surface area contributed by atoms with Crippen LogP contribution >= 0.6 is 23.2 Å². The molecular formula is C29H30Cl2N4O7. The summed E-state index contributed by atoms with van der Waals surface area (Å²) in [7, 11) is 3.09. The first-order valence-electron chi connectivity index (χ1n) is 12.7. The molecule has 0 radical (unpaired) electrons. The van der Waals surface area contributed by atoms with E-state index in [4.69, 9.17) is 42.1 Å². The van der Waals surface area contributed by atoms with Gasteiger partial charge in [0.2, 0.25) is 0 Å². The summed E-state index contributed by atoms with van der Waals surface area (Å²) in [5.74, 6) is -0.328. The zero-order valence-electron chi connectivity index (χ0n) is 23.2. The maximum absolute atomic E-state index is 12.3. The first-order chi connectivity index (χ1) is 20.2. The van der Waals surface area contributed by atoms with E-state index in [0.29, 0.717) is 57.3 Å². The lowest BCUT2D eigenvalue weighted by molar-refractivity contribution is -0.139. The van der Waals surface area contributed by atoms with Crippen LogP contribution in [0.15, 0.2) is 59.7 Å². The number of halogens is 2. The predicted molar refractivity (Wildman–Crippen MR) is 160 cm³/mol. The van der Waals surface area contributed by atoms with Gasteiger partial charge in [-0.05, 0) is 73.0 Å². The van der Waals surface area contributed by atoms with Gasteiger partial charge in [0.15, 0.2) is 29.6 Å². The number of amides is 3. The number of hydrogen-bond donors (Lipinski definition) is 3. The Labute approximate surface area is 253 Å². The van der Waals surface area contributed by atoms with Crippen molar-refractivity contribution in [1.82, 2.24) is 10.7 Å². The molecule has 42 heavy (non-hydrogen) atoms. The molecule has 3 aromatic rings. The molecule has 3 amide bonds. The topological polar surface area (TPSA) is 137 Å². The van der Waals surface area contributed by atoms with Crippen molar-refractivity contribution in [3.63, 3.8) is 0 Å². The number of carbonyl (C=O) groups is 3. The molecule has 0 aliphatic rings. The average Bonchev–Trinajstić information content (AvgIpc) is 2.98. The van der Waals surface area contributed by atoms with Gasteiger partial charge < -0.3 is 29.6 Å².